The fourth-order valence-corrected chi connectivity index (χ4v) is 5.33. The molecule has 2 aromatic heterocycles. The lowest BCUT2D eigenvalue weighted by molar-refractivity contribution is 0.475. The Labute approximate surface area is 205 Å². The molecule has 0 amide bonds. The Kier molecular flexibility index (Phi) is 5.62. The third kappa shape index (κ3) is 3.74. The lowest BCUT2D eigenvalue weighted by atomic mass is 9.96. The number of thiocarbonyl (C=S) groups is 1. The standard InChI is InChI=1S/C28H28N4OS/c1-17-8-9-18(2)25(15-17)31-19(3)16-23(20(31)4)27-26(24-7-5-6-14-29-24)30-28(34)32(27)21-10-12-22(33)13-11-21/h5-16,26-27,33H,1-4H3,(H,30,34)/t26-,27-/m1/s1. The van der Waals surface area contributed by atoms with Gasteiger partial charge in [-0.1, -0.05) is 18.2 Å². The predicted molar refractivity (Wildman–Crippen MR) is 141 cm³/mol. The van der Waals surface area contributed by atoms with Crippen LogP contribution < -0.4 is 10.2 Å². The number of nitrogens with zero attached hydrogens (tertiary/aromatic N) is 3. The first kappa shape index (κ1) is 22.2. The zero-order valence-corrected chi connectivity index (χ0v) is 20.6. The van der Waals surface area contributed by atoms with Crippen LogP contribution in [0.25, 0.3) is 5.69 Å². The van der Waals surface area contributed by atoms with E-state index in [-0.39, 0.29) is 17.8 Å². The number of hydrogen-bond acceptors (Lipinski definition) is 3. The zero-order valence-electron chi connectivity index (χ0n) is 19.8. The van der Waals surface area contributed by atoms with Crippen LogP contribution in [0, 0.1) is 27.7 Å². The monoisotopic (exact) mass is 468 g/mol. The molecule has 1 aliphatic heterocycles. The van der Waals surface area contributed by atoms with E-state index >= 15 is 0 Å². The molecule has 1 aliphatic rings. The molecule has 5 rings (SSSR count). The Bertz CT molecular complexity index is 1360. The molecule has 0 saturated carbocycles. The van der Waals surface area contributed by atoms with E-state index in [9.17, 15) is 5.11 Å². The molecule has 6 heteroatoms. The van der Waals surface area contributed by atoms with Gasteiger partial charge in [0.15, 0.2) is 5.11 Å². The van der Waals surface area contributed by atoms with Crippen LogP contribution >= 0.6 is 12.2 Å². The van der Waals surface area contributed by atoms with Crippen molar-refractivity contribution in [3.8, 4) is 11.4 Å². The van der Waals surface area contributed by atoms with Crippen molar-refractivity contribution >= 4 is 23.0 Å². The van der Waals surface area contributed by atoms with Crippen LogP contribution in [0.5, 0.6) is 5.75 Å². The summed E-state index contributed by atoms with van der Waals surface area (Å²) in [5, 5.41) is 14.0. The molecule has 172 valence electrons. The van der Waals surface area contributed by atoms with Crippen LogP contribution in [0.1, 0.15) is 45.9 Å². The van der Waals surface area contributed by atoms with Crippen molar-refractivity contribution in [2.75, 3.05) is 4.90 Å². The second-order valence-corrected chi connectivity index (χ2v) is 9.35. The molecule has 2 aromatic carbocycles. The predicted octanol–water partition coefficient (Wildman–Crippen LogP) is 5.99. The summed E-state index contributed by atoms with van der Waals surface area (Å²) in [4.78, 5) is 6.80. The van der Waals surface area contributed by atoms with Gasteiger partial charge in [0.25, 0.3) is 0 Å². The maximum absolute atomic E-state index is 9.86. The molecular formula is C28H28N4OS. The molecule has 5 nitrogen and oxygen atoms in total. The van der Waals surface area contributed by atoms with Crippen molar-refractivity contribution in [2.45, 2.75) is 39.8 Å². The molecule has 0 radical (unpaired) electrons. The van der Waals surface area contributed by atoms with Gasteiger partial charge in [-0.05, 0) is 105 Å². The van der Waals surface area contributed by atoms with Gasteiger partial charge in [-0.3, -0.25) is 4.98 Å². The first-order chi connectivity index (χ1) is 16.3. The molecule has 0 aliphatic carbocycles. The summed E-state index contributed by atoms with van der Waals surface area (Å²) in [5.74, 6) is 0.229. The number of benzene rings is 2. The van der Waals surface area contributed by atoms with Gasteiger partial charge in [-0.2, -0.15) is 0 Å². The topological polar surface area (TPSA) is 53.3 Å². The summed E-state index contributed by atoms with van der Waals surface area (Å²) in [6.45, 7) is 8.61. The second-order valence-electron chi connectivity index (χ2n) is 8.96. The normalized spacial score (nSPS) is 17.8. The van der Waals surface area contributed by atoms with Crippen LogP contribution in [0.3, 0.4) is 0 Å². The van der Waals surface area contributed by atoms with Crippen molar-refractivity contribution in [1.29, 1.82) is 0 Å². The largest absolute Gasteiger partial charge is 0.508 e. The third-order valence-corrected chi connectivity index (χ3v) is 6.93. The van der Waals surface area contributed by atoms with Crippen molar-refractivity contribution in [2.24, 2.45) is 0 Å². The fraction of sp³-hybridized carbons (Fsp3) is 0.214. The zero-order chi connectivity index (χ0) is 24.0. The van der Waals surface area contributed by atoms with Crippen molar-refractivity contribution < 1.29 is 5.11 Å². The van der Waals surface area contributed by atoms with Crippen LogP contribution in [0.15, 0.2) is 72.9 Å². The van der Waals surface area contributed by atoms with Crippen molar-refractivity contribution in [3.05, 3.63) is 107 Å². The molecule has 3 heterocycles. The minimum Gasteiger partial charge on any atom is -0.508 e. The second kappa shape index (κ2) is 8.61. The summed E-state index contributed by atoms with van der Waals surface area (Å²) >= 11 is 5.84. The van der Waals surface area contributed by atoms with E-state index in [1.807, 2.05) is 36.5 Å². The number of rotatable bonds is 4. The number of nitrogens with one attached hydrogen (secondary N) is 1. The van der Waals surface area contributed by atoms with Crippen LogP contribution in [0.4, 0.5) is 5.69 Å². The number of pyridine rings is 1. The van der Waals surface area contributed by atoms with Crippen LogP contribution in [0.2, 0.25) is 0 Å². The first-order valence-electron chi connectivity index (χ1n) is 11.4. The molecule has 2 N–H and O–H groups in total. The van der Waals surface area contributed by atoms with Crippen molar-refractivity contribution in [3.63, 3.8) is 0 Å². The lowest BCUT2D eigenvalue weighted by Gasteiger charge is -2.28. The van der Waals surface area contributed by atoms with Gasteiger partial charge in [0.1, 0.15) is 5.75 Å². The Morgan fingerprint density at radius 3 is 2.41 bits per heavy atom. The van der Waals surface area contributed by atoms with Crippen LogP contribution in [-0.2, 0) is 0 Å². The summed E-state index contributed by atoms with van der Waals surface area (Å²) in [7, 11) is 0. The van der Waals surface area contributed by atoms with Gasteiger partial charge < -0.3 is 19.9 Å². The molecule has 0 spiro atoms. The van der Waals surface area contributed by atoms with E-state index < -0.39 is 0 Å². The van der Waals surface area contributed by atoms with Gasteiger partial charge in [0, 0.05) is 29.0 Å². The minimum atomic E-state index is -0.116. The Morgan fingerprint density at radius 2 is 1.71 bits per heavy atom. The highest BCUT2D eigenvalue weighted by atomic mass is 32.1. The van der Waals surface area contributed by atoms with E-state index in [2.05, 4.69) is 71.7 Å². The Hall–Kier alpha value is -3.64. The Balaban J connectivity index is 1.70. The molecule has 1 saturated heterocycles. The van der Waals surface area contributed by atoms with E-state index in [4.69, 9.17) is 12.2 Å². The van der Waals surface area contributed by atoms with Gasteiger partial charge in [-0.25, -0.2) is 0 Å². The highest BCUT2D eigenvalue weighted by Gasteiger charge is 2.42. The third-order valence-electron chi connectivity index (χ3n) is 6.62. The summed E-state index contributed by atoms with van der Waals surface area (Å²) < 4.78 is 2.34. The molecule has 0 unspecified atom stereocenters. The van der Waals surface area contributed by atoms with Crippen LogP contribution in [-0.4, -0.2) is 19.8 Å². The quantitative estimate of drug-likeness (QED) is 0.361. The van der Waals surface area contributed by atoms with Gasteiger partial charge in [0.05, 0.1) is 17.8 Å². The Morgan fingerprint density at radius 1 is 0.941 bits per heavy atom. The molecule has 0 bridgehead atoms. The lowest BCUT2D eigenvalue weighted by Crippen LogP contribution is -2.29. The van der Waals surface area contributed by atoms with Gasteiger partial charge in [-0.15, -0.1) is 0 Å². The van der Waals surface area contributed by atoms with Gasteiger partial charge in [0.2, 0.25) is 0 Å². The number of aromatic nitrogens is 2. The van der Waals surface area contributed by atoms with Crippen molar-refractivity contribution in [1.82, 2.24) is 14.9 Å². The maximum Gasteiger partial charge on any atom is 0.174 e. The van der Waals surface area contributed by atoms with Gasteiger partial charge >= 0.3 is 0 Å². The van der Waals surface area contributed by atoms with E-state index in [1.54, 1.807) is 12.1 Å². The number of aromatic hydroxyl groups is 1. The van der Waals surface area contributed by atoms with E-state index in [0.717, 1.165) is 11.4 Å². The fourth-order valence-electron chi connectivity index (χ4n) is 4.98. The number of phenolic OH excluding ortho intramolecular Hbond substituents is 1. The number of aryl methyl sites for hydroxylation is 3. The number of hydrogen-bond donors (Lipinski definition) is 2. The maximum atomic E-state index is 9.86. The minimum absolute atomic E-state index is 0.1000. The number of anilines is 1. The summed E-state index contributed by atoms with van der Waals surface area (Å²) in [6.07, 6.45) is 1.82. The highest BCUT2D eigenvalue weighted by molar-refractivity contribution is 7.80. The summed E-state index contributed by atoms with van der Waals surface area (Å²) in [6, 6.07) is 21.8. The average molecular weight is 469 g/mol. The molecule has 34 heavy (non-hydrogen) atoms. The van der Waals surface area contributed by atoms with E-state index in [0.29, 0.717) is 5.11 Å². The van der Waals surface area contributed by atoms with E-state index in [1.165, 1.54) is 33.8 Å². The first-order valence-corrected chi connectivity index (χ1v) is 11.8. The summed E-state index contributed by atoms with van der Waals surface area (Å²) in [5.41, 5.74) is 9.06. The average Bonchev–Trinajstić information content (AvgIpc) is 3.32. The smallest absolute Gasteiger partial charge is 0.174 e. The molecular weight excluding hydrogens is 440 g/mol. The molecule has 4 aromatic rings. The molecule has 1 fully saturated rings. The molecule has 2 atom stereocenters. The highest BCUT2D eigenvalue weighted by Crippen LogP contribution is 2.44. The number of phenols is 1. The SMILES string of the molecule is Cc1ccc(C)c(-n2c(C)cc([C@@H]3[C@@H](c4ccccn4)NC(=S)N3c3ccc(O)cc3)c2C)c1.